The maximum Gasteiger partial charge on any atom is 0.264 e. The monoisotopic (exact) mass is 769 g/mol. The van der Waals surface area contributed by atoms with Gasteiger partial charge in [-0.2, -0.15) is 0 Å². The van der Waals surface area contributed by atoms with E-state index in [1.165, 1.54) is 17.0 Å². The molecule has 0 spiro atoms. The molecule has 0 aromatic heterocycles. The van der Waals surface area contributed by atoms with Crippen LogP contribution in [0.4, 0.5) is 5.69 Å². The molecular weight excluding hydrogens is 733 g/mol. The third-order valence-corrected chi connectivity index (χ3v) is 11.6. The van der Waals surface area contributed by atoms with Crippen LogP contribution in [0.2, 0.25) is 10.0 Å². The number of sulfonamides is 1. The molecule has 4 aromatic rings. The van der Waals surface area contributed by atoms with Gasteiger partial charge in [-0.3, -0.25) is 13.9 Å². The summed E-state index contributed by atoms with van der Waals surface area (Å²) in [6.45, 7) is 1.20. The van der Waals surface area contributed by atoms with Gasteiger partial charge in [-0.15, -0.1) is 0 Å². The molecule has 11 heteroatoms. The van der Waals surface area contributed by atoms with Crippen molar-refractivity contribution >= 4 is 66.7 Å². The van der Waals surface area contributed by atoms with Gasteiger partial charge in [-0.1, -0.05) is 112 Å². The number of carbonyl (C=O) groups excluding carboxylic acids is 2. The Balaban J connectivity index is 1.59. The zero-order chi connectivity index (χ0) is 34.3. The molecule has 1 fully saturated rings. The first-order valence-corrected chi connectivity index (χ1v) is 18.9. The molecule has 0 heterocycles. The molecule has 0 bridgehead atoms. The quantitative estimate of drug-likeness (QED) is 0.157. The zero-order valence-electron chi connectivity index (χ0n) is 26.6. The molecule has 1 aliphatic carbocycles. The van der Waals surface area contributed by atoms with Crippen molar-refractivity contribution in [2.45, 2.75) is 69.0 Å². The summed E-state index contributed by atoms with van der Waals surface area (Å²) in [4.78, 5) is 30.5. The fourth-order valence-electron chi connectivity index (χ4n) is 5.93. The van der Waals surface area contributed by atoms with E-state index in [-0.39, 0.29) is 29.8 Å². The molecular formula is C37H38BrCl2N3O4S. The Bertz CT molecular complexity index is 1800. The number of benzene rings is 4. The van der Waals surface area contributed by atoms with Gasteiger partial charge in [0.15, 0.2) is 0 Å². The molecule has 4 aromatic carbocycles. The molecule has 48 heavy (non-hydrogen) atoms. The van der Waals surface area contributed by atoms with Gasteiger partial charge in [0, 0.05) is 39.1 Å². The molecule has 2 amide bonds. The van der Waals surface area contributed by atoms with Gasteiger partial charge < -0.3 is 10.2 Å². The number of amides is 2. The summed E-state index contributed by atoms with van der Waals surface area (Å²) in [6, 6.07) is 26.7. The van der Waals surface area contributed by atoms with Crippen LogP contribution in [0.25, 0.3) is 0 Å². The van der Waals surface area contributed by atoms with Crippen LogP contribution in [0.3, 0.4) is 0 Å². The molecule has 0 aliphatic heterocycles. The Morgan fingerprint density at radius 1 is 0.854 bits per heavy atom. The number of anilines is 1. The highest BCUT2D eigenvalue weighted by molar-refractivity contribution is 9.10. The lowest BCUT2D eigenvalue weighted by Gasteiger charge is -2.35. The number of aryl methyl sites for hydroxylation is 1. The van der Waals surface area contributed by atoms with Crippen molar-refractivity contribution in [2.75, 3.05) is 10.8 Å². The minimum Gasteiger partial charge on any atom is -0.352 e. The lowest BCUT2D eigenvalue weighted by Crippen LogP contribution is -2.55. The fourth-order valence-corrected chi connectivity index (χ4v) is 8.12. The van der Waals surface area contributed by atoms with Crippen LogP contribution < -0.4 is 9.62 Å². The SMILES string of the molecule is Cc1ccc(S(=O)(=O)N(CC(=O)N(Cc2c(Cl)cccc2Cl)C(Cc2ccccc2)C(=O)NC2CCCCC2)c2ccc(Br)cc2)cc1. The minimum atomic E-state index is -4.21. The maximum atomic E-state index is 14.7. The van der Waals surface area contributed by atoms with Crippen LogP contribution in [0.5, 0.6) is 0 Å². The van der Waals surface area contributed by atoms with Crippen LogP contribution >= 0.6 is 39.1 Å². The summed E-state index contributed by atoms with van der Waals surface area (Å²) >= 11 is 16.7. The standard InChI is InChI=1S/C37H38BrCl2N3O4S/c1-26-15-21-31(22-16-26)48(46,47)43(30-19-17-28(38)18-20-30)25-36(44)42(24-32-33(39)13-8-14-34(32)40)35(23-27-9-4-2-5-10-27)37(45)41-29-11-6-3-7-12-29/h2,4-5,8-10,13-22,29,35H,3,6-7,11-12,23-25H2,1H3,(H,41,45). The van der Waals surface area contributed by atoms with E-state index in [0.717, 1.165) is 52.0 Å². The summed E-state index contributed by atoms with van der Waals surface area (Å²) in [6.07, 6.45) is 5.09. The average molecular weight is 772 g/mol. The average Bonchev–Trinajstić information content (AvgIpc) is 3.08. The summed E-state index contributed by atoms with van der Waals surface area (Å²) in [5, 5.41) is 3.88. The molecule has 1 aliphatic rings. The van der Waals surface area contributed by atoms with Crippen LogP contribution in [0, 0.1) is 6.92 Å². The van der Waals surface area contributed by atoms with Crippen LogP contribution in [0.1, 0.15) is 48.8 Å². The highest BCUT2D eigenvalue weighted by Gasteiger charge is 2.36. The van der Waals surface area contributed by atoms with E-state index in [0.29, 0.717) is 21.3 Å². The normalized spacial score (nSPS) is 14.2. The maximum absolute atomic E-state index is 14.7. The Morgan fingerprint density at radius 2 is 1.48 bits per heavy atom. The smallest absolute Gasteiger partial charge is 0.264 e. The Hall–Kier alpha value is -3.37. The fraction of sp³-hybridized carbons (Fsp3) is 0.297. The van der Waals surface area contributed by atoms with Gasteiger partial charge in [0.2, 0.25) is 11.8 Å². The van der Waals surface area contributed by atoms with E-state index in [1.54, 1.807) is 54.6 Å². The summed E-state index contributed by atoms with van der Waals surface area (Å²) in [7, 11) is -4.21. The molecule has 7 nitrogen and oxygen atoms in total. The number of hydrogen-bond donors (Lipinski definition) is 1. The van der Waals surface area contributed by atoms with Crippen LogP contribution in [0.15, 0.2) is 106 Å². The van der Waals surface area contributed by atoms with Crippen molar-refractivity contribution in [2.24, 2.45) is 0 Å². The topological polar surface area (TPSA) is 86.8 Å². The van der Waals surface area contributed by atoms with E-state index in [1.807, 2.05) is 37.3 Å². The molecule has 1 atom stereocenters. The third-order valence-electron chi connectivity index (χ3n) is 8.62. The Kier molecular flexibility index (Phi) is 12.2. The van der Waals surface area contributed by atoms with Crippen molar-refractivity contribution in [3.05, 3.63) is 128 Å². The first-order chi connectivity index (χ1) is 23.0. The van der Waals surface area contributed by atoms with Crippen LogP contribution in [-0.4, -0.2) is 43.8 Å². The highest BCUT2D eigenvalue weighted by atomic mass is 79.9. The molecule has 5 rings (SSSR count). The second-order valence-corrected chi connectivity index (χ2v) is 15.7. The Morgan fingerprint density at radius 3 is 2.10 bits per heavy atom. The van der Waals surface area contributed by atoms with Gasteiger partial charge in [0.1, 0.15) is 12.6 Å². The van der Waals surface area contributed by atoms with Gasteiger partial charge in [0.25, 0.3) is 10.0 Å². The molecule has 1 N–H and O–H groups in total. The van der Waals surface area contributed by atoms with Crippen LogP contribution in [-0.2, 0) is 32.6 Å². The van der Waals surface area contributed by atoms with Crippen molar-refractivity contribution in [1.82, 2.24) is 10.2 Å². The second-order valence-electron chi connectivity index (χ2n) is 12.1. The molecule has 0 radical (unpaired) electrons. The summed E-state index contributed by atoms with van der Waals surface area (Å²) in [5.41, 5.74) is 2.51. The third kappa shape index (κ3) is 8.99. The van der Waals surface area contributed by atoms with E-state index in [2.05, 4.69) is 21.2 Å². The first-order valence-electron chi connectivity index (χ1n) is 15.9. The zero-order valence-corrected chi connectivity index (χ0v) is 30.5. The number of rotatable bonds is 12. The molecule has 252 valence electrons. The number of nitrogens with one attached hydrogen (secondary N) is 1. The van der Waals surface area contributed by atoms with Crippen molar-refractivity contribution in [1.29, 1.82) is 0 Å². The highest BCUT2D eigenvalue weighted by Crippen LogP contribution is 2.30. The van der Waals surface area contributed by atoms with Gasteiger partial charge in [-0.05, 0) is 73.9 Å². The van der Waals surface area contributed by atoms with E-state index < -0.39 is 28.5 Å². The molecule has 1 saturated carbocycles. The van der Waals surface area contributed by atoms with Gasteiger partial charge in [0.05, 0.1) is 10.6 Å². The number of halogens is 3. The number of carbonyl (C=O) groups is 2. The van der Waals surface area contributed by atoms with Crippen molar-refractivity contribution < 1.29 is 18.0 Å². The van der Waals surface area contributed by atoms with Crippen molar-refractivity contribution in [3.63, 3.8) is 0 Å². The van der Waals surface area contributed by atoms with Gasteiger partial charge in [-0.25, -0.2) is 8.42 Å². The first kappa shape index (κ1) is 35.9. The Labute approximate surface area is 301 Å². The van der Waals surface area contributed by atoms with E-state index >= 15 is 0 Å². The summed E-state index contributed by atoms with van der Waals surface area (Å²) in [5.74, 6) is -0.886. The second kappa shape index (κ2) is 16.4. The van der Waals surface area contributed by atoms with E-state index in [4.69, 9.17) is 23.2 Å². The van der Waals surface area contributed by atoms with E-state index in [9.17, 15) is 18.0 Å². The number of hydrogen-bond acceptors (Lipinski definition) is 4. The van der Waals surface area contributed by atoms with Gasteiger partial charge >= 0.3 is 0 Å². The predicted octanol–water partition coefficient (Wildman–Crippen LogP) is 8.35. The number of nitrogens with zero attached hydrogens (tertiary/aromatic N) is 2. The van der Waals surface area contributed by atoms with Crippen molar-refractivity contribution in [3.8, 4) is 0 Å². The molecule has 0 saturated heterocycles. The lowest BCUT2D eigenvalue weighted by atomic mass is 9.94. The molecule has 1 unspecified atom stereocenters. The summed E-state index contributed by atoms with van der Waals surface area (Å²) < 4.78 is 30.3. The largest absolute Gasteiger partial charge is 0.352 e. The lowest BCUT2D eigenvalue weighted by molar-refractivity contribution is -0.140. The predicted molar refractivity (Wildman–Crippen MR) is 196 cm³/mol. The minimum absolute atomic E-state index is 0.00782.